The Labute approximate surface area is 112 Å². The predicted molar refractivity (Wildman–Crippen MR) is 67.9 cm³/mol. The summed E-state index contributed by atoms with van der Waals surface area (Å²) >= 11 is 0. The van der Waals surface area contributed by atoms with Crippen LogP contribution < -0.4 is 5.73 Å². The maximum atomic E-state index is 11.2. The molecule has 0 aromatic rings. The molecule has 19 heavy (non-hydrogen) atoms. The molecule has 0 bridgehead atoms. The summed E-state index contributed by atoms with van der Waals surface area (Å²) in [7, 11) is 0. The number of nitrogens with two attached hydrogens (primary N) is 1. The minimum absolute atomic E-state index is 0.133. The monoisotopic (exact) mass is 270 g/mol. The Balaban J connectivity index is 1.65. The van der Waals surface area contributed by atoms with Crippen LogP contribution in [0.5, 0.6) is 0 Å². The van der Waals surface area contributed by atoms with Crippen LogP contribution in [0.1, 0.15) is 25.7 Å². The van der Waals surface area contributed by atoms with Gasteiger partial charge in [-0.05, 0) is 19.3 Å². The summed E-state index contributed by atoms with van der Waals surface area (Å²) in [5.74, 6) is -0.888. The summed E-state index contributed by atoms with van der Waals surface area (Å²) in [6, 6.07) is 0.375. The zero-order valence-electron chi connectivity index (χ0n) is 11.1. The van der Waals surface area contributed by atoms with Crippen molar-refractivity contribution in [3.8, 4) is 0 Å². The number of rotatable bonds is 2. The molecule has 3 N–H and O–H groups in total. The van der Waals surface area contributed by atoms with Crippen LogP contribution in [0, 0.1) is 0 Å². The van der Waals surface area contributed by atoms with E-state index in [-0.39, 0.29) is 5.60 Å². The Morgan fingerprint density at radius 3 is 2.84 bits per heavy atom. The number of carbonyl (C=O) groups is 1. The topological polar surface area (TPSA) is 85.0 Å². The van der Waals surface area contributed by atoms with E-state index in [0.29, 0.717) is 25.6 Å². The highest BCUT2D eigenvalue weighted by atomic mass is 16.6. The van der Waals surface area contributed by atoms with Gasteiger partial charge in [0.05, 0.1) is 12.2 Å². The van der Waals surface area contributed by atoms with E-state index in [1.165, 1.54) is 0 Å². The molecule has 0 aromatic heterocycles. The van der Waals surface area contributed by atoms with Crippen molar-refractivity contribution in [3.63, 3.8) is 0 Å². The first-order valence-electron chi connectivity index (χ1n) is 7.01. The van der Waals surface area contributed by atoms with Gasteiger partial charge in [-0.3, -0.25) is 9.69 Å². The van der Waals surface area contributed by atoms with Gasteiger partial charge >= 0.3 is 5.97 Å². The molecule has 0 aliphatic carbocycles. The van der Waals surface area contributed by atoms with Crippen LogP contribution in [-0.4, -0.2) is 66.1 Å². The number of likely N-dealkylation sites (tertiary alicyclic amines) is 1. The van der Waals surface area contributed by atoms with Gasteiger partial charge in [0.2, 0.25) is 0 Å². The van der Waals surface area contributed by atoms with Gasteiger partial charge in [0.15, 0.2) is 0 Å². The summed E-state index contributed by atoms with van der Waals surface area (Å²) in [6.07, 6.45) is 3.37. The average molecular weight is 270 g/mol. The summed E-state index contributed by atoms with van der Waals surface area (Å²) < 4.78 is 11.4. The summed E-state index contributed by atoms with van der Waals surface area (Å²) in [6.45, 7) is 3.39. The molecule has 3 aliphatic heterocycles. The van der Waals surface area contributed by atoms with E-state index in [0.717, 1.165) is 39.0 Å². The molecule has 0 aromatic carbocycles. The van der Waals surface area contributed by atoms with Crippen LogP contribution in [0.3, 0.4) is 0 Å². The van der Waals surface area contributed by atoms with Crippen molar-refractivity contribution < 1.29 is 19.4 Å². The van der Waals surface area contributed by atoms with E-state index in [1.807, 2.05) is 0 Å². The lowest BCUT2D eigenvalue weighted by Crippen LogP contribution is -2.53. The van der Waals surface area contributed by atoms with Gasteiger partial charge in [-0.1, -0.05) is 0 Å². The highest BCUT2D eigenvalue weighted by molar-refractivity contribution is 5.79. The van der Waals surface area contributed by atoms with Gasteiger partial charge in [-0.25, -0.2) is 0 Å². The Hall–Kier alpha value is -0.690. The zero-order valence-corrected chi connectivity index (χ0v) is 11.1. The first-order valence-corrected chi connectivity index (χ1v) is 7.01. The van der Waals surface area contributed by atoms with Gasteiger partial charge in [0.25, 0.3) is 0 Å². The quantitative estimate of drug-likeness (QED) is 0.723. The molecule has 3 unspecified atom stereocenters. The van der Waals surface area contributed by atoms with Crippen LogP contribution in [0.4, 0.5) is 0 Å². The van der Waals surface area contributed by atoms with Crippen molar-refractivity contribution in [2.24, 2.45) is 5.73 Å². The molecule has 3 atom stereocenters. The first-order chi connectivity index (χ1) is 9.03. The van der Waals surface area contributed by atoms with Crippen molar-refractivity contribution in [2.75, 3.05) is 32.9 Å². The lowest BCUT2D eigenvalue weighted by molar-refractivity contribution is -0.143. The summed E-state index contributed by atoms with van der Waals surface area (Å²) in [4.78, 5) is 13.4. The molecule has 6 heteroatoms. The maximum Gasteiger partial charge on any atom is 0.325 e. The third-order valence-corrected chi connectivity index (χ3v) is 4.81. The zero-order chi connectivity index (χ0) is 13.5. The van der Waals surface area contributed by atoms with Crippen LogP contribution >= 0.6 is 0 Å². The Morgan fingerprint density at radius 2 is 2.21 bits per heavy atom. The number of ether oxygens (including phenoxy) is 2. The van der Waals surface area contributed by atoms with E-state index in [9.17, 15) is 9.90 Å². The number of carboxylic acids is 1. The van der Waals surface area contributed by atoms with Gasteiger partial charge in [-0.2, -0.15) is 0 Å². The third kappa shape index (κ3) is 2.38. The maximum absolute atomic E-state index is 11.2. The number of carboxylic acid groups (broad SMARTS) is 1. The minimum atomic E-state index is -1.07. The molecule has 3 rings (SSSR count). The largest absolute Gasteiger partial charge is 0.480 e. The van der Waals surface area contributed by atoms with Gasteiger partial charge in [0.1, 0.15) is 5.54 Å². The molecule has 6 nitrogen and oxygen atoms in total. The summed E-state index contributed by atoms with van der Waals surface area (Å²) in [5.41, 5.74) is 4.74. The molecular formula is C13H22N2O4. The van der Waals surface area contributed by atoms with Crippen LogP contribution in [0.25, 0.3) is 0 Å². The van der Waals surface area contributed by atoms with Crippen molar-refractivity contribution in [3.05, 3.63) is 0 Å². The molecule has 0 saturated carbocycles. The lowest BCUT2D eigenvalue weighted by atomic mass is 9.89. The Bertz CT molecular complexity index is 370. The van der Waals surface area contributed by atoms with Crippen LogP contribution in [0.15, 0.2) is 0 Å². The highest BCUT2D eigenvalue weighted by Crippen LogP contribution is 2.36. The van der Waals surface area contributed by atoms with Crippen molar-refractivity contribution in [2.45, 2.75) is 42.9 Å². The van der Waals surface area contributed by atoms with Gasteiger partial charge < -0.3 is 20.3 Å². The number of hydrogen-bond acceptors (Lipinski definition) is 5. The second-order valence-corrected chi connectivity index (χ2v) is 6.16. The van der Waals surface area contributed by atoms with E-state index < -0.39 is 11.5 Å². The minimum Gasteiger partial charge on any atom is -0.480 e. The molecular weight excluding hydrogens is 248 g/mol. The normalized spacial score (nSPS) is 43.9. The molecule has 108 valence electrons. The van der Waals surface area contributed by atoms with Crippen molar-refractivity contribution in [1.29, 1.82) is 0 Å². The Morgan fingerprint density at radius 1 is 1.37 bits per heavy atom. The fourth-order valence-electron chi connectivity index (χ4n) is 3.53. The third-order valence-electron chi connectivity index (χ3n) is 4.81. The molecule has 3 fully saturated rings. The molecule has 3 saturated heterocycles. The second-order valence-electron chi connectivity index (χ2n) is 6.16. The number of nitrogens with zero attached hydrogens (tertiary/aromatic N) is 1. The second kappa shape index (κ2) is 4.70. The van der Waals surface area contributed by atoms with Gasteiger partial charge in [-0.15, -0.1) is 0 Å². The van der Waals surface area contributed by atoms with Crippen molar-refractivity contribution in [1.82, 2.24) is 4.90 Å². The van der Waals surface area contributed by atoms with Crippen molar-refractivity contribution >= 4 is 5.97 Å². The SMILES string of the molecule is NC1(C(=O)O)CCN(C2CCOC3(CCOC3)C2)C1. The van der Waals surface area contributed by atoms with E-state index in [1.54, 1.807) is 0 Å². The average Bonchev–Trinajstić information content (AvgIpc) is 2.98. The van der Waals surface area contributed by atoms with Gasteiger partial charge in [0, 0.05) is 38.8 Å². The summed E-state index contributed by atoms with van der Waals surface area (Å²) in [5, 5.41) is 9.20. The smallest absolute Gasteiger partial charge is 0.325 e. The Kier molecular flexibility index (Phi) is 3.29. The lowest BCUT2D eigenvalue weighted by Gasteiger charge is -2.41. The number of aliphatic carboxylic acids is 1. The molecule has 3 heterocycles. The molecule has 1 spiro atoms. The van der Waals surface area contributed by atoms with E-state index >= 15 is 0 Å². The predicted octanol–water partition coefficient (Wildman–Crippen LogP) is -0.188. The standard InChI is InChI=1S/C13H22N2O4/c14-13(11(16)17)2-4-15(8-13)10-1-5-19-12(7-10)3-6-18-9-12/h10H,1-9,14H2,(H,16,17). The molecule has 3 aliphatic rings. The van der Waals surface area contributed by atoms with Crippen LogP contribution in [-0.2, 0) is 14.3 Å². The van der Waals surface area contributed by atoms with E-state index in [2.05, 4.69) is 4.90 Å². The fraction of sp³-hybridized carbons (Fsp3) is 0.923. The van der Waals surface area contributed by atoms with Crippen LogP contribution in [0.2, 0.25) is 0 Å². The number of hydrogen-bond donors (Lipinski definition) is 2. The molecule has 0 radical (unpaired) electrons. The first kappa shape index (κ1) is 13.3. The highest BCUT2D eigenvalue weighted by Gasteiger charge is 2.47. The van der Waals surface area contributed by atoms with E-state index in [4.69, 9.17) is 15.2 Å². The molecule has 0 amide bonds. The fourth-order valence-corrected chi connectivity index (χ4v) is 3.53.